The Morgan fingerprint density at radius 2 is 1.94 bits per heavy atom. The average Bonchev–Trinajstić information content (AvgIpc) is 3.08. The van der Waals surface area contributed by atoms with E-state index in [1.165, 1.54) is 21.3 Å². The number of nitrogens with zero attached hydrogens (tertiary/aromatic N) is 2. The lowest BCUT2D eigenvalue weighted by molar-refractivity contribution is -0.0504. The standard InChI is InChI=1S/C25H21F2N3O5S/c26-17-6-15(14-5-12-3-1-2-4-20(12)36-11-16(14)22(17)27)18-7-19(32)24(33)23-25(34)29-13(8-31)9-35-10-21(29)28-30(18)23/h1-4,6-7,13,21,28,31,33H,5,8-11H2/t13?,21-/m0/s1. The van der Waals surface area contributed by atoms with E-state index in [0.717, 1.165) is 22.6 Å². The second-order valence-corrected chi connectivity index (χ2v) is 9.93. The molecule has 0 saturated carbocycles. The normalized spacial score (nSPS) is 20.5. The van der Waals surface area contributed by atoms with Gasteiger partial charge in [0.2, 0.25) is 5.43 Å². The zero-order valence-corrected chi connectivity index (χ0v) is 19.6. The number of pyridine rings is 1. The third-order valence-electron chi connectivity index (χ3n) is 6.85. The Bertz CT molecular complexity index is 1480. The molecule has 3 aliphatic heterocycles. The summed E-state index contributed by atoms with van der Waals surface area (Å²) >= 11 is 1.40. The van der Waals surface area contributed by atoms with Crippen LogP contribution in [0.25, 0.3) is 11.3 Å². The first-order valence-electron chi connectivity index (χ1n) is 11.4. The number of fused-ring (bicyclic) bond motifs is 4. The molecular formula is C25H21F2N3O5S. The van der Waals surface area contributed by atoms with Gasteiger partial charge in [-0.1, -0.05) is 18.2 Å². The van der Waals surface area contributed by atoms with E-state index < -0.39 is 40.9 Å². The summed E-state index contributed by atoms with van der Waals surface area (Å²) in [7, 11) is 0. The number of morpholine rings is 1. The third-order valence-corrected chi connectivity index (χ3v) is 8.00. The summed E-state index contributed by atoms with van der Waals surface area (Å²) in [6.45, 7) is -0.185. The molecule has 36 heavy (non-hydrogen) atoms. The van der Waals surface area contributed by atoms with Crippen LogP contribution in [0, 0.1) is 11.6 Å². The molecule has 11 heteroatoms. The van der Waals surface area contributed by atoms with Crippen molar-refractivity contribution in [3.8, 4) is 17.0 Å². The number of halogens is 2. The molecular weight excluding hydrogens is 492 g/mol. The topological polar surface area (TPSA) is 104 Å². The van der Waals surface area contributed by atoms with E-state index in [1.807, 2.05) is 24.3 Å². The maximum atomic E-state index is 15.0. The van der Waals surface area contributed by atoms with Crippen molar-refractivity contribution >= 4 is 17.7 Å². The molecule has 2 aromatic carbocycles. The Morgan fingerprint density at radius 1 is 1.14 bits per heavy atom. The number of hydrogen-bond donors (Lipinski definition) is 3. The molecule has 4 heterocycles. The lowest BCUT2D eigenvalue weighted by atomic mass is 9.92. The second kappa shape index (κ2) is 8.61. The molecule has 1 unspecified atom stereocenters. The van der Waals surface area contributed by atoms with E-state index in [0.29, 0.717) is 5.56 Å². The van der Waals surface area contributed by atoms with Gasteiger partial charge in [0.15, 0.2) is 23.1 Å². The minimum Gasteiger partial charge on any atom is -0.502 e. The Hall–Kier alpha value is -3.41. The van der Waals surface area contributed by atoms with Crippen LogP contribution in [0.1, 0.15) is 27.2 Å². The van der Waals surface area contributed by atoms with Gasteiger partial charge in [-0.15, -0.1) is 11.8 Å². The molecule has 2 atom stereocenters. The van der Waals surface area contributed by atoms with Crippen LogP contribution in [0.15, 0.2) is 46.1 Å². The molecule has 0 bridgehead atoms. The van der Waals surface area contributed by atoms with Crippen LogP contribution in [-0.2, 0) is 16.9 Å². The molecule has 1 amide bonds. The van der Waals surface area contributed by atoms with Gasteiger partial charge in [-0.3, -0.25) is 9.59 Å². The van der Waals surface area contributed by atoms with Crippen LogP contribution < -0.4 is 10.9 Å². The minimum atomic E-state index is -1.07. The zero-order chi connectivity index (χ0) is 25.1. The predicted octanol–water partition coefficient (Wildman–Crippen LogP) is 2.41. The van der Waals surface area contributed by atoms with E-state index in [9.17, 15) is 24.2 Å². The van der Waals surface area contributed by atoms with Crippen LogP contribution in [-0.4, -0.2) is 57.7 Å². The van der Waals surface area contributed by atoms with Crippen molar-refractivity contribution in [2.24, 2.45) is 0 Å². The lowest BCUT2D eigenvalue weighted by Crippen LogP contribution is -2.64. The number of aromatic hydroxyl groups is 1. The molecule has 8 nitrogen and oxygen atoms in total. The van der Waals surface area contributed by atoms with E-state index >= 15 is 4.39 Å². The number of amides is 1. The van der Waals surface area contributed by atoms with Gasteiger partial charge in [-0.2, -0.15) is 0 Å². The number of rotatable bonds is 2. The van der Waals surface area contributed by atoms with Gasteiger partial charge in [0.1, 0.15) is 6.17 Å². The average molecular weight is 514 g/mol. The summed E-state index contributed by atoms with van der Waals surface area (Å²) in [5.41, 5.74) is 3.87. The number of carbonyl (C=O) groups excluding carboxylic acids is 1. The fraction of sp³-hybridized carbons (Fsp3) is 0.280. The molecule has 0 aliphatic carbocycles. The van der Waals surface area contributed by atoms with Crippen molar-refractivity contribution in [2.75, 3.05) is 25.2 Å². The van der Waals surface area contributed by atoms with Gasteiger partial charge in [0.05, 0.1) is 31.6 Å². The SMILES string of the molecule is O=C1c2c(O)c(=O)cc(-c3cc(F)c(F)c4c3Cc3ccccc3SC4)n2N[C@@H]2COCC(CO)N12. The maximum absolute atomic E-state index is 15.0. The highest BCUT2D eigenvalue weighted by Crippen LogP contribution is 2.40. The summed E-state index contributed by atoms with van der Waals surface area (Å²) in [5.74, 6) is -3.28. The summed E-state index contributed by atoms with van der Waals surface area (Å²) in [4.78, 5) is 28.6. The lowest BCUT2D eigenvalue weighted by Gasteiger charge is -2.46. The van der Waals surface area contributed by atoms with E-state index in [2.05, 4.69) is 5.43 Å². The van der Waals surface area contributed by atoms with E-state index in [1.54, 1.807) is 0 Å². The predicted molar refractivity (Wildman–Crippen MR) is 128 cm³/mol. The van der Waals surface area contributed by atoms with E-state index in [4.69, 9.17) is 4.74 Å². The first kappa shape index (κ1) is 23.0. The quantitative estimate of drug-likeness (QED) is 0.484. The van der Waals surface area contributed by atoms with Gasteiger partial charge in [-0.25, -0.2) is 13.5 Å². The fourth-order valence-corrected chi connectivity index (χ4v) is 6.21. The molecule has 1 aromatic heterocycles. The number of nitrogens with one attached hydrogen (secondary N) is 1. The van der Waals surface area contributed by atoms with Crippen molar-refractivity contribution in [3.05, 3.63) is 80.6 Å². The number of carbonyl (C=O) groups is 1. The summed E-state index contributed by atoms with van der Waals surface area (Å²) in [6.07, 6.45) is -0.425. The number of aromatic nitrogens is 1. The number of thioether (sulfide) groups is 1. The van der Waals surface area contributed by atoms with Crippen molar-refractivity contribution in [3.63, 3.8) is 0 Å². The zero-order valence-electron chi connectivity index (χ0n) is 18.8. The van der Waals surface area contributed by atoms with Crippen LogP contribution in [0.4, 0.5) is 8.78 Å². The maximum Gasteiger partial charge on any atom is 0.278 e. The fourth-order valence-electron chi connectivity index (χ4n) is 5.11. The molecule has 1 saturated heterocycles. The van der Waals surface area contributed by atoms with Gasteiger partial charge >= 0.3 is 0 Å². The summed E-state index contributed by atoms with van der Waals surface area (Å²) in [5, 5.41) is 20.3. The molecule has 3 aliphatic rings. The number of benzene rings is 2. The number of aliphatic hydroxyl groups is 1. The van der Waals surface area contributed by atoms with Gasteiger partial charge in [0.25, 0.3) is 5.91 Å². The monoisotopic (exact) mass is 513 g/mol. The Labute approximate surface area is 208 Å². The Morgan fingerprint density at radius 3 is 2.75 bits per heavy atom. The van der Waals surface area contributed by atoms with Gasteiger partial charge in [0, 0.05) is 27.8 Å². The summed E-state index contributed by atoms with van der Waals surface area (Å²) in [6, 6.07) is 9.03. The van der Waals surface area contributed by atoms with Crippen LogP contribution in [0.2, 0.25) is 0 Å². The Kier molecular flexibility index (Phi) is 5.51. The van der Waals surface area contributed by atoms with Crippen LogP contribution in [0.5, 0.6) is 5.75 Å². The van der Waals surface area contributed by atoms with E-state index in [-0.39, 0.29) is 54.5 Å². The van der Waals surface area contributed by atoms with Crippen molar-refractivity contribution in [1.29, 1.82) is 0 Å². The first-order valence-corrected chi connectivity index (χ1v) is 12.3. The molecule has 6 rings (SSSR count). The second-order valence-electron chi connectivity index (χ2n) is 8.91. The molecule has 186 valence electrons. The highest BCUT2D eigenvalue weighted by Gasteiger charge is 2.42. The highest BCUT2D eigenvalue weighted by molar-refractivity contribution is 7.98. The van der Waals surface area contributed by atoms with Crippen molar-refractivity contribution < 1.29 is 28.5 Å². The number of aliphatic hydroxyl groups excluding tert-OH is 1. The number of ether oxygens (including phenoxy) is 1. The smallest absolute Gasteiger partial charge is 0.278 e. The molecule has 1 fully saturated rings. The Balaban J connectivity index is 1.59. The highest BCUT2D eigenvalue weighted by atomic mass is 32.2. The molecule has 0 spiro atoms. The van der Waals surface area contributed by atoms with Gasteiger partial charge < -0.3 is 25.3 Å². The minimum absolute atomic E-state index is 0.0912. The number of hydrogen-bond acceptors (Lipinski definition) is 7. The molecule has 3 aromatic rings. The van der Waals surface area contributed by atoms with Crippen molar-refractivity contribution in [2.45, 2.75) is 29.3 Å². The van der Waals surface area contributed by atoms with Crippen LogP contribution in [0.3, 0.4) is 0 Å². The molecule has 0 radical (unpaired) electrons. The van der Waals surface area contributed by atoms with Crippen LogP contribution >= 0.6 is 11.8 Å². The molecule has 3 N–H and O–H groups in total. The van der Waals surface area contributed by atoms with Gasteiger partial charge in [-0.05, 0) is 29.7 Å². The first-order chi connectivity index (χ1) is 17.4. The largest absolute Gasteiger partial charge is 0.502 e. The summed E-state index contributed by atoms with van der Waals surface area (Å²) < 4.78 is 36.7. The van der Waals surface area contributed by atoms with Crippen molar-refractivity contribution in [1.82, 2.24) is 9.58 Å². The third kappa shape index (κ3) is 3.41.